The summed E-state index contributed by atoms with van der Waals surface area (Å²) in [6, 6.07) is 12.6. The fourth-order valence-corrected chi connectivity index (χ4v) is 4.82. The van der Waals surface area contributed by atoms with Crippen LogP contribution in [0.5, 0.6) is 5.75 Å². The Bertz CT molecular complexity index is 1180. The van der Waals surface area contributed by atoms with E-state index in [9.17, 15) is 14.4 Å². The van der Waals surface area contributed by atoms with Crippen molar-refractivity contribution in [2.45, 2.75) is 25.2 Å². The Labute approximate surface area is 197 Å². The molecule has 1 aliphatic carbocycles. The normalized spacial score (nSPS) is 22.0. The first-order chi connectivity index (χ1) is 16.4. The van der Waals surface area contributed by atoms with Crippen LogP contribution in [0.25, 0.3) is 0 Å². The van der Waals surface area contributed by atoms with E-state index >= 15 is 0 Å². The summed E-state index contributed by atoms with van der Waals surface area (Å²) in [4.78, 5) is 44.1. The molecule has 8 nitrogen and oxygen atoms in total. The van der Waals surface area contributed by atoms with E-state index in [1.54, 1.807) is 50.6 Å². The van der Waals surface area contributed by atoms with E-state index in [2.05, 4.69) is 10.3 Å². The van der Waals surface area contributed by atoms with Gasteiger partial charge in [-0.05, 0) is 43.2 Å². The highest BCUT2D eigenvalue weighted by Crippen LogP contribution is 2.47. The van der Waals surface area contributed by atoms with E-state index in [0.717, 1.165) is 5.56 Å². The van der Waals surface area contributed by atoms with E-state index in [-0.39, 0.29) is 0 Å². The number of carbonyl (C=O) groups excluding carboxylic acids is 3. The highest BCUT2D eigenvalue weighted by molar-refractivity contribution is 6.13. The third-order valence-corrected chi connectivity index (χ3v) is 6.41. The molecule has 2 aromatic rings. The van der Waals surface area contributed by atoms with Gasteiger partial charge in [-0.15, -0.1) is 0 Å². The van der Waals surface area contributed by atoms with Crippen LogP contribution >= 0.6 is 0 Å². The second-order valence-corrected chi connectivity index (χ2v) is 8.18. The van der Waals surface area contributed by atoms with Gasteiger partial charge in [0.05, 0.1) is 38.5 Å². The largest absolute Gasteiger partial charge is 0.497 e. The molecule has 0 spiro atoms. The summed E-state index contributed by atoms with van der Waals surface area (Å²) in [5.41, 5.74) is 3.21. The molecule has 0 bridgehead atoms. The van der Waals surface area contributed by atoms with Crippen LogP contribution in [0, 0.1) is 5.92 Å². The second-order valence-electron chi connectivity index (χ2n) is 8.18. The summed E-state index contributed by atoms with van der Waals surface area (Å²) in [5.74, 6) is -3.19. The number of aromatic nitrogens is 1. The number of esters is 2. The molecule has 1 aliphatic heterocycles. The Morgan fingerprint density at radius 1 is 1.03 bits per heavy atom. The molecule has 34 heavy (non-hydrogen) atoms. The second kappa shape index (κ2) is 9.51. The summed E-state index contributed by atoms with van der Waals surface area (Å²) in [6.45, 7) is 1.77. The van der Waals surface area contributed by atoms with Crippen molar-refractivity contribution < 1.29 is 28.6 Å². The molecule has 2 aliphatic rings. The summed E-state index contributed by atoms with van der Waals surface area (Å²) >= 11 is 0. The minimum Gasteiger partial charge on any atom is -0.497 e. The maximum Gasteiger partial charge on any atom is 0.336 e. The lowest BCUT2D eigenvalue weighted by molar-refractivity contribution is -0.150. The van der Waals surface area contributed by atoms with Gasteiger partial charge in [0.2, 0.25) is 0 Å². The van der Waals surface area contributed by atoms with Crippen LogP contribution in [0.3, 0.4) is 0 Å². The molecule has 2 heterocycles. The molecule has 0 unspecified atom stereocenters. The molecule has 1 N–H and O–H groups in total. The van der Waals surface area contributed by atoms with Crippen molar-refractivity contribution >= 4 is 17.7 Å². The molecular formula is C26H26N2O6. The molecule has 3 atom stereocenters. The number of benzene rings is 1. The molecule has 0 saturated carbocycles. The first-order valence-electron chi connectivity index (χ1n) is 10.9. The van der Waals surface area contributed by atoms with Crippen LogP contribution in [0.4, 0.5) is 0 Å². The number of dihydropyridines is 1. The highest BCUT2D eigenvalue weighted by Gasteiger charge is 2.49. The monoisotopic (exact) mass is 462 g/mol. The molecule has 0 amide bonds. The number of nitrogens with zero attached hydrogens (tertiary/aromatic N) is 1. The van der Waals surface area contributed by atoms with Crippen molar-refractivity contribution in [2.24, 2.45) is 5.92 Å². The summed E-state index contributed by atoms with van der Waals surface area (Å²) in [7, 11) is 4.14. The fourth-order valence-electron chi connectivity index (χ4n) is 4.82. The number of nitrogens with one attached hydrogen (secondary N) is 1. The SMILES string of the molecule is COC(=O)C1=C(C)NC2=C(C(=O)[C@@H](C(=O)OC)[C@@H](c3ccc(OC)cc3)C2)[C@@H]1c1ccccn1. The van der Waals surface area contributed by atoms with Gasteiger partial charge in [0.1, 0.15) is 11.7 Å². The summed E-state index contributed by atoms with van der Waals surface area (Å²) in [5, 5.41) is 3.25. The zero-order valence-electron chi connectivity index (χ0n) is 19.5. The quantitative estimate of drug-likeness (QED) is 0.534. The standard InChI is InChI=1S/C26H26N2O6/c1-14-20(25(30)33-3)22(18-7-5-6-12-27-18)23-19(28-14)13-17(21(24(23)29)26(31)34-4)15-8-10-16(32-2)11-9-15/h5-12,17,21-22,28H,13H2,1-4H3/t17-,21+,22-/m1/s1. The average Bonchev–Trinajstić information content (AvgIpc) is 2.87. The van der Waals surface area contributed by atoms with Crippen LogP contribution in [0.15, 0.2) is 71.2 Å². The summed E-state index contributed by atoms with van der Waals surface area (Å²) < 4.78 is 15.3. The van der Waals surface area contributed by atoms with Gasteiger partial charge in [0, 0.05) is 29.1 Å². The first-order valence-corrected chi connectivity index (χ1v) is 10.9. The lowest BCUT2D eigenvalue weighted by Crippen LogP contribution is -2.43. The van der Waals surface area contributed by atoms with Crippen LogP contribution in [0.2, 0.25) is 0 Å². The Kier molecular flexibility index (Phi) is 6.49. The number of ketones is 1. The number of pyridine rings is 1. The van der Waals surface area contributed by atoms with E-state index in [1.165, 1.54) is 14.2 Å². The Hall–Kier alpha value is -3.94. The van der Waals surface area contributed by atoms with E-state index in [0.29, 0.717) is 40.4 Å². The lowest BCUT2D eigenvalue weighted by atomic mass is 9.67. The molecule has 0 saturated heterocycles. The maximum absolute atomic E-state index is 14.0. The summed E-state index contributed by atoms with van der Waals surface area (Å²) in [6.07, 6.45) is 1.98. The topological polar surface area (TPSA) is 104 Å². The number of hydrogen-bond acceptors (Lipinski definition) is 8. The number of carbonyl (C=O) groups is 3. The molecular weight excluding hydrogens is 436 g/mol. The van der Waals surface area contributed by atoms with Gasteiger partial charge in [-0.1, -0.05) is 18.2 Å². The predicted octanol–water partition coefficient (Wildman–Crippen LogP) is 3.02. The van der Waals surface area contributed by atoms with Crippen LogP contribution < -0.4 is 10.1 Å². The third kappa shape index (κ3) is 3.96. The van der Waals surface area contributed by atoms with E-state index < -0.39 is 35.5 Å². The number of allylic oxidation sites excluding steroid dienone is 3. The lowest BCUT2D eigenvalue weighted by Gasteiger charge is -2.39. The van der Waals surface area contributed by atoms with Gasteiger partial charge < -0.3 is 19.5 Å². The zero-order valence-corrected chi connectivity index (χ0v) is 19.5. The molecule has 8 heteroatoms. The van der Waals surface area contributed by atoms with Crippen molar-refractivity contribution in [3.63, 3.8) is 0 Å². The van der Waals surface area contributed by atoms with Gasteiger partial charge >= 0.3 is 11.9 Å². The van der Waals surface area contributed by atoms with Crippen molar-refractivity contribution in [1.82, 2.24) is 10.3 Å². The van der Waals surface area contributed by atoms with Crippen LogP contribution in [0.1, 0.15) is 36.4 Å². The first kappa shape index (κ1) is 23.2. The molecule has 176 valence electrons. The van der Waals surface area contributed by atoms with Gasteiger partial charge in [0.25, 0.3) is 0 Å². The Balaban J connectivity index is 1.88. The minimum absolute atomic E-state index is 0.291. The van der Waals surface area contributed by atoms with Gasteiger partial charge in [0.15, 0.2) is 5.78 Å². The number of rotatable bonds is 5. The van der Waals surface area contributed by atoms with Crippen LogP contribution in [-0.4, -0.2) is 44.0 Å². The molecule has 4 rings (SSSR count). The van der Waals surface area contributed by atoms with Crippen molar-refractivity contribution in [2.75, 3.05) is 21.3 Å². The van der Waals surface area contributed by atoms with Crippen molar-refractivity contribution in [3.05, 3.63) is 82.5 Å². The molecule has 1 aromatic heterocycles. The average molecular weight is 463 g/mol. The fraction of sp³-hybridized carbons (Fsp3) is 0.308. The van der Waals surface area contributed by atoms with E-state index in [1.807, 2.05) is 12.1 Å². The van der Waals surface area contributed by atoms with Gasteiger partial charge in [-0.3, -0.25) is 14.6 Å². The third-order valence-electron chi connectivity index (χ3n) is 6.41. The smallest absolute Gasteiger partial charge is 0.336 e. The predicted molar refractivity (Wildman–Crippen MR) is 123 cm³/mol. The number of Topliss-reactive ketones (excluding diaryl/α,β-unsaturated/α-hetero) is 1. The number of methoxy groups -OCH3 is 3. The Morgan fingerprint density at radius 2 is 1.76 bits per heavy atom. The van der Waals surface area contributed by atoms with Gasteiger partial charge in [-0.25, -0.2) is 4.79 Å². The van der Waals surface area contributed by atoms with Gasteiger partial charge in [-0.2, -0.15) is 0 Å². The number of hydrogen-bond donors (Lipinski definition) is 1. The van der Waals surface area contributed by atoms with Crippen LogP contribution in [-0.2, 0) is 23.9 Å². The molecule has 0 fully saturated rings. The zero-order chi connectivity index (χ0) is 24.4. The maximum atomic E-state index is 14.0. The highest BCUT2D eigenvalue weighted by atomic mass is 16.5. The van der Waals surface area contributed by atoms with E-state index in [4.69, 9.17) is 14.2 Å². The van der Waals surface area contributed by atoms with Crippen molar-refractivity contribution in [1.29, 1.82) is 0 Å². The van der Waals surface area contributed by atoms with Crippen molar-refractivity contribution in [3.8, 4) is 5.75 Å². The molecule has 1 aromatic carbocycles. The number of ether oxygens (including phenoxy) is 3. The minimum atomic E-state index is -1.07. The molecule has 0 radical (unpaired) electrons. The Morgan fingerprint density at radius 3 is 2.35 bits per heavy atom.